The highest BCUT2D eigenvalue weighted by atomic mass is 35.5. The molecule has 0 bridgehead atoms. The van der Waals surface area contributed by atoms with E-state index in [1.54, 1.807) is 23.0 Å². The lowest BCUT2D eigenvalue weighted by molar-refractivity contribution is -0.133. The van der Waals surface area contributed by atoms with Crippen LogP contribution in [0.4, 0.5) is 5.82 Å². The second-order valence-corrected chi connectivity index (χ2v) is 10.9. The fraction of sp³-hybridized carbons (Fsp3) is 0.226. The molecule has 1 fully saturated rings. The molecule has 3 heterocycles. The molecule has 0 spiro atoms. The van der Waals surface area contributed by atoms with Crippen LogP contribution in [0.2, 0.25) is 10.0 Å². The zero-order valence-corrected chi connectivity index (χ0v) is 22.9. The summed E-state index contributed by atoms with van der Waals surface area (Å²) in [7, 11) is 0. The number of benzene rings is 3. The van der Waals surface area contributed by atoms with Gasteiger partial charge in [-0.05, 0) is 48.6 Å². The van der Waals surface area contributed by atoms with Gasteiger partial charge in [0.25, 0.3) is 5.91 Å². The standard InChI is InChI=1S/C31H28Cl2N4O2/c1-20-28(29(37-27(35-20)16-17-34-37)21-14-15-24(32)25(33)19-21)30(38)36-18-8-13-26(36)31(39,22-9-4-2-5-10-22)23-11-6-3-7-12-23/h2-7,9-12,14-17,19,26,29,35,39H,8,13,18H2,1H3/t26-,29?/m1/s1. The number of aliphatic hydroxyl groups is 1. The predicted molar refractivity (Wildman–Crippen MR) is 154 cm³/mol. The number of aromatic nitrogens is 2. The number of carbonyl (C=O) groups is 1. The van der Waals surface area contributed by atoms with Crippen LogP contribution in [0.1, 0.15) is 42.5 Å². The first-order valence-corrected chi connectivity index (χ1v) is 13.8. The Morgan fingerprint density at radius 2 is 1.64 bits per heavy atom. The molecule has 6 rings (SSSR count). The van der Waals surface area contributed by atoms with Crippen molar-refractivity contribution in [2.45, 2.75) is 37.5 Å². The summed E-state index contributed by atoms with van der Waals surface area (Å²) in [6, 6.07) is 25.5. The normalized spacial score (nSPS) is 19.1. The number of nitrogens with zero attached hydrogens (tertiary/aromatic N) is 3. The topological polar surface area (TPSA) is 70.4 Å². The molecule has 6 nitrogen and oxygen atoms in total. The maximum absolute atomic E-state index is 14.6. The van der Waals surface area contributed by atoms with E-state index >= 15 is 0 Å². The second kappa shape index (κ2) is 10.2. The lowest BCUT2D eigenvalue weighted by Gasteiger charge is -2.41. The highest BCUT2D eigenvalue weighted by Crippen LogP contribution is 2.44. The fourth-order valence-electron chi connectivity index (χ4n) is 6.01. The van der Waals surface area contributed by atoms with Gasteiger partial charge in [0.2, 0.25) is 0 Å². The van der Waals surface area contributed by atoms with Crippen LogP contribution in [0.5, 0.6) is 0 Å². The fourth-order valence-corrected chi connectivity index (χ4v) is 6.31. The second-order valence-electron chi connectivity index (χ2n) is 10.1. The van der Waals surface area contributed by atoms with Crippen molar-refractivity contribution in [3.8, 4) is 0 Å². The third kappa shape index (κ3) is 4.33. The van der Waals surface area contributed by atoms with Gasteiger partial charge < -0.3 is 15.3 Å². The van der Waals surface area contributed by atoms with Gasteiger partial charge in [-0.25, -0.2) is 4.68 Å². The van der Waals surface area contributed by atoms with Crippen molar-refractivity contribution in [2.24, 2.45) is 0 Å². The van der Waals surface area contributed by atoms with Crippen LogP contribution in [-0.2, 0) is 10.4 Å². The first-order valence-electron chi connectivity index (χ1n) is 13.0. The Morgan fingerprint density at radius 1 is 0.974 bits per heavy atom. The first-order chi connectivity index (χ1) is 18.9. The summed E-state index contributed by atoms with van der Waals surface area (Å²) in [6.07, 6.45) is 3.15. The van der Waals surface area contributed by atoms with Crippen LogP contribution in [0.3, 0.4) is 0 Å². The van der Waals surface area contributed by atoms with Gasteiger partial charge in [0.1, 0.15) is 17.5 Å². The minimum atomic E-state index is -1.39. The Balaban J connectivity index is 1.46. The summed E-state index contributed by atoms with van der Waals surface area (Å²) in [5.74, 6) is 0.633. The Hall–Kier alpha value is -3.58. The Bertz CT molecular complexity index is 1510. The Morgan fingerprint density at radius 3 is 2.28 bits per heavy atom. The quantitative estimate of drug-likeness (QED) is 0.297. The average Bonchev–Trinajstić information content (AvgIpc) is 3.64. The molecule has 0 saturated carbocycles. The number of fused-ring (bicyclic) bond motifs is 1. The molecular weight excluding hydrogens is 531 g/mol. The van der Waals surface area contributed by atoms with E-state index in [1.165, 1.54) is 0 Å². The molecular formula is C31H28Cl2N4O2. The van der Waals surface area contributed by atoms with Gasteiger partial charge in [-0.2, -0.15) is 5.10 Å². The number of nitrogens with one attached hydrogen (secondary N) is 1. The van der Waals surface area contributed by atoms with Gasteiger partial charge in [-0.3, -0.25) is 4.79 Å². The number of likely N-dealkylation sites (tertiary alicyclic amines) is 1. The lowest BCUT2D eigenvalue weighted by Crippen LogP contribution is -2.51. The number of hydrogen-bond donors (Lipinski definition) is 2. The summed E-state index contributed by atoms with van der Waals surface area (Å²) in [6.45, 7) is 2.43. The Labute approximate surface area is 237 Å². The van der Waals surface area contributed by atoms with Crippen molar-refractivity contribution < 1.29 is 9.90 Å². The summed E-state index contributed by atoms with van der Waals surface area (Å²) in [5, 5.41) is 21.3. The van der Waals surface area contributed by atoms with E-state index in [9.17, 15) is 9.90 Å². The van der Waals surface area contributed by atoms with Gasteiger partial charge >= 0.3 is 0 Å². The van der Waals surface area contributed by atoms with Gasteiger partial charge in [0.15, 0.2) is 0 Å². The van der Waals surface area contributed by atoms with Crippen molar-refractivity contribution in [1.29, 1.82) is 0 Å². The molecule has 2 N–H and O–H groups in total. The SMILES string of the molecule is CC1=C(C(=O)N2CCC[C@@H]2C(O)(c2ccccc2)c2ccccc2)C(c2ccc(Cl)c(Cl)c2)n2nccc2N1. The van der Waals surface area contributed by atoms with E-state index < -0.39 is 17.7 Å². The zero-order valence-electron chi connectivity index (χ0n) is 21.4. The van der Waals surface area contributed by atoms with E-state index in [0.717, 1.165) is 34.6 Å². The van der Waals surface area contributed by atoms with Crippen molar-refractivity contribution >= 4 is 34.9 Å². The van der Waals surface area contributed by atoms with Crippen LogP contribution in [-0.4, -0.2) is 38.3 Å². The molecule has 2 aliphatic rings. The van der Waals surface area contributed by atoms with Crippen molar-refractivity contribution in [3.63, 3.8) is 0 Å². The van der Waals surface area contributed by atoms with Crippen molar-refractivity contribution in [2.75, 3.05) is 11.9 Å². The number of amides is 1. The minimum Gasteiger partial charge on any atom is -0.378 e. The zero-order chi connectivity index (χ0) is 27.1. The monoisotopic (exact) mass is 558 g/mol. The number of carbonyl (C=O) groups excluding carboxylic acids is 1. The van der Waals surface area contributed by atoms with Crippen LogP contribution in [0.15, 0.2) is 102 Å². The summed E-state index contributed by atoms with van der Waals surface area (Å²) < 4.78 is 1.80. The average molecular weight is 559 g/mol. The molecule has 1 amide bonds. The van der Waals surface area contributed by atoms with E-state index in [2.05, 4.69) is 10.4 Å². The molecule has 1 aromatic heterocycles. The third-order valence-corrected chi connectivity index (χ3v) is 8.56. The summed E-state index contributed by atoms with van der Waals surface area (Å²) >= 11 is 12.7. The molecule has 1 saturated heterocycles. The Kier molecular flexibility index (Phi) is 6.71. The predicted octanol–water partition coefficient (Wildman–Crippen LogP) is 6.41. The molecule has 1 unspecified atom stereocenters. The maximum Gasteiger partial charge on any atom is 0.254 e. The maximum atomic E-state index is 14.6. The highest BCUT2D eigenvalue weighted by Gasteiger charge is 2.49. The van der Waals surface area contributed by atoms with E-state index in [0.29, 0.717) is 28.6 Å². The summed E-state index contributed by atoms with van der Waals surface area (Å²) in [4.78, 5) is 16.4. The molecule has 0 radical (unpaired) electrons. The largest absolute Gasteiger partial charge is 0.378 e. The number of allylic oxidation sites excluding steroid dienone is 1. The minimum absolute atomic E-state index is 0.148. The molecule has 2 aliphatic heterocycles. The smallest absolute Gasteiger partial charge is 0.254 e. The van der Waals surface area contributed by atoms with Crippen molar-refractivity contribution in [3.05, 3.63) is 129 Å². The summed E-state index contributed by atoms with van der Waals surface area (Å²) in [5.41, 5.74) is 2.21. The van der Waals surface area contributed by atoms with Gasteiger partial charge in [-0.15, -0.1) is 0 Å². The number of hydrogen-bond acceptors (Lipinski definition) is 4. The molecule has 39 heavy (non-hydrogen) atoms. The number of halogens is 2. The van der Waals surface area contributed by atoms with E-state index in [1.807, 2.05) is 84.6 Å². The van der Waals surface area contributed by atoms with Crippen LogP contribution in [0, 0.1) is 0 Å². The van der Waals surface area contributed by atoms with Gasteiger partial charge in [0, 0.05) is 18.3 Å². The lowest BCUT2D eigenvalue weighted by atomic mass is 9.78. The van der Waals surface area contributed by atoms with Crippen LogP contribution >= 0.6 is 23.2 Å². The van der Waals surface area contributed by atoms with E-state index in [4.69, 9.17) is 23.2 Å². The highest BCUT2D eigenvalue weighted by molar-refractivity contribution is 6.42. The molecule has 4 aromatic rings. The molecule has 198 valence electrons. The molecule has 8 heteroatoms. The van der Waals surface area contributed by atoms with Crippen LogP contribution < -0.4 is 5.32 Å². The van der Waals surface area contributed by atoms with Crippen LogP contribution in [0.25, 0.3) is 0 Å². The van der Waals surface area contributed by atoms with Gasteiger partial charge in [0.05, 0.1) is 27.9 Å². The number of anilines is 1. The third-order valence-electron chi connectivity index (χ3n) is 7.82. The molecule has 2 atom stereocenters. The van der Waals surface area contributed by atoms with E-state index in [-0.39, 0.29) is 5.91 Å². The van der Waals surface area contributed by atoms with Crippen molar-refractivity contribution in [1.82, 2.24) is 14.7 Å². The van der Waals surface area contributed by atoms with Gasteiger partial charge in [-0.1, -0.05) is 89.9 Å². The molecule has 0 aliphatic carbocycles. The first kappa shape index (κ1) is 25.7. The number of rotatable bonds is 5. The molecule has 3 aromatic carbocycles.